The Balaban J connectivity index is 2.41. The van der Waals surface area contributed by atoms with Crippen LogP contribution < -0.4 is 5.32 Å². The second-order valence-electron chi connectivity index (χ2n) is 3.82. The normalized spacial score (nSPS) is 20.0. The first kappa shape index (κ1) is 8.52. The summed E-state index contributed by atoms with van der Waals surface area (Å²) >= 11 is 0. The standard InChI is InChI=1S/C12H15N/c1-8(2)11-6-10(12-7-13-12)5-4-9(11)3/h4-6,12-13H,1,7H2,2-3H3. The van der Waals surface area contributed by atoms with Gasteiger partial charge in [0.2, 0.25) is 0 Å². The highest BCUT2D eigenvalue weighted by atomic mass is 15.1. The third-order valence-electron chi connectivity index (χ3n) is 2.53. The fourth-order valence-electron chi connectivity index (χ4n) is 1.61. The number of hydrogen-bond acceptors (Lipinski definition) is 1. The van der Waals surface area contributed by atoms with Crippen LogP contribution in [0.15, 0.2) is 24.8 Å². The molecule has 1 unspecified atom stereocenters. The van der Waals surface area contributed by atoms with Crippen LogP contribution in [0.1, 0.15) is 29.7 Å². The van der Waals surface area contributed by atoms with Gasteiger partial charge in [0.05, 0.1) is 0 Å². The lowest BCUT2D eigenvalue weighted by atomic mass is 9.99. The van der Waals surface area contributed by atoms with Crippen molar-refractivity contribution in [3.8, 4) is 0 Å². The van der Waals surface area contributed by atoms with Crippen LogP contribution in [-0.4, -0.2) is 6.54 Å². The molecule has 0 amide bonds. The lowest BCUT2D eigenvalue weighted by Crippen LogP contribution is -1.90. The lowest BCUT2D eigenvalue weighted by Gasteiger charge is -2.07. The highest BCUT2D eigenvalue weighted by Crippen LogP contribution is 2.26. The summed E-state index contributed by atoms with van der Waals surface area (Å²) < 4.78 is 0. The topological polar surface area (TPSA) is 21.9 Å². The largest absolute Gasteiger partial charge is 0.307 e. The maximum atomic E-state index is 3.99. The van der Waals surface area contributed by atoms with Crippen molar-refractivity contribution >= 4 is 5.57 Å². The van der Waals surface area contributed by atoms with Crippen molar-refractivity contribution < 1.29 is 0 Å². The van der Waals surface area contributed by atoms with Crippen molar-refractivity contribution in [3.05, 3.63) is 41.5 Å². The van der Waals surface area contributed by atoms with Gasteiger partial charge in [0.1, 0.15) is 0 Å². The molecule has 0 aromatic heterocycles. The van der Waals surface area contributed by atoms with Crippen molar-refractivity contribution in [2.75, 3.05) is 6.54 Å². The molecule has 1 aliphatic heterocycles. The third kappa shape index (κ3) is 1.65. The minimum atomic E-state index is 0.596. The van der Waals surface area contributed by atoms with Crippen LogP contribution in [0.2, 0.25) is 0 Å². The quantitative estimate of drug-likeness (QED) is 0.682. The molecule has 1 atom stereocenters. The Bertz CT molecular complexity index is 348. The van der Waals surface area contributed by atoms with E-state index in [0.717, 1.165) is 12.1 Å². The van der Waals surface area contributed by atoms with E-state index < -0.39 is 0 Å². The fourth-order valence-corrected chi connectivity index (χ4v) is 1.61. The first-order chi connectivity index (χ1) is 6.18. The van der Waals surface area contributed by atoms with Crippen molar-refractivity contribution in [3.63, 3.8) is 0 Å². The Kier molecular flexibility index (Phi) is 1.97. The molecule has 1 N–H and O–H groups in total. The average molecular weight is 173 g/mol. The Morgan fingerprint density at radius 1 is 1.54 bits per heavy atom. The van der Waals surface area contributed by atoms with E-state index in [1.54, 1.807) is 0 Å². The molecule has 13 heavy (non-hydrogen) atoms. The number of allylic oxidation sites excluding steroid dienone is 1. The van der Waals surface area contributed by atoms with Crippen LogP contribution in [0.5, 0.6) is 0 Å². The summed E-state index contributed by atoms with van der Waals surface area (Å²) in [5.74, 6) is 0. The van der Waals surface area contributed by atoms with E-state index >= 15 is 0 Å². The van der Waals surface area contributed by atoms with Gasteiger partial charge in [-0.2, -0.15) is 0 Å². The van der Waals surface area contributed by atoms with Gasteiger partial charge in [0, 0.05) is 12.6 Å². The van der Waals surface area contributed by atoms with Gasteiger partial charge in [0.15, 0.2) is 0 Å². The fraction of sp³-hybridized carbons (Fsp3) is 0.333. The zero-order valence-electron chi connectivity index (χ0n) is 8.22. The van der Waals surface area contributed by atoms with E-state index in [9.17, 15) is 0 Å². The Morgan fingerprint density at radius 2 is 2.23 bits per heavy atom. The molecule has 0 spiro atoms. The van der Waals surface area contributed by atoms with Crippen LogP contribution >= 0.6 is 0 Å². The van der Waals surface area contributed by atoms with Gasteiger partial charge in [-0.05, 0) is 36.6 Å². The lowest BCUT2D eigenvalue weighted by molar-refractivity contribution is 1.07. The second kappa shape index (κ2) is 3.00. The summed E-state index contributed by atoms with van der Waals surface area (Å²) in [5.41, 5.74) is 5.16. The van der Waals surface area contributed by atoms with E-state index in [1.807, 2.05) is 0 Å². The summed E-state index contributed by atoms with van der Waals surface area (Å²) in [7, 11) is 0. The van der Waals surface area contributed by atoms with Gasteiger partial charge in [-0.15, -0.1) is 0 Å². The molecule has 1 saturated heterocycles. The molecule has 2 rings (SSSR count). The number of nitrogens with one attached hydrogen (secondary N) is 1. The summed E-state index contributed by atoms with van der Waals surface area (Å²) in [6.45, 7) is 9.31. The summed E-state index contributed by atoms with van der Waals surface area (Å²) in [5, 5.41) is 3.31. The summed E-state index contributed by atoms with van der Waals surface area (Å²) in [6.07, 6.45) is 0. The first-order valence-electron chi connectivity index (χ1n) is 4.68. The predicted molar refractivity (Wildman–Crippen MR) is 56.6 cm³/mol. The van der Waals surface area contributed by atoms with Crippen LogP contribution in [0.3, 0.4) is 0 Å². The molecule has 0 radical (unpaired) electrons. The number of aryl methyl sites for hydroxylation is 1. The van der Waals surface area contributed by atoms with Gasteiger partial charge >= 0.3 is 0 Å². The maximum Gasteiger partial charge on any atom is 0.0447 e. The van der Waals surface area contributed by atoms with Crippen molar-refractivity contribution in [2.45, 2.75) is 19.9 Å². The van der Waals surface area contributed by atoms with E-state index in [-0.39, 0.29) is 0 Å². The molecule has 1 heteroatoms. The minimum absolute atomic E-state index is 0.596. The third-order valence-corrected chi connectivity index (χ3v) is 2.53. The molecular weight excluding hydrogens is 158 g/mol. The van der Waals surface area contributed by atoms with Crippen molar-refractivity contribution in [2.24, 2.45) is 0 Å². The molecule has 1 aromatic carbocycles. The van der Waals surface area contributed by atoms with Gasteiger partial charge in [-0.1, -0.05) is 24.3 Å². The van der Waals surface area contributed by atoms with Crippen molar-refractivity contribution in [1.82, 2.24) is 5.32 Å². The number of rotatable bonds is 2. The van der Waals surface area contributed by atoms with E-state index in [0.29, 0.717) is 6.04 Å². The molecule has 1 fully saturated rings. The second-order valence-corrected chi connectivity index (χ2v) is 3.82. The van der Waals surface area contributed by atoms with Crippen LogP contribution in [0.25, 0.3) is 5.57 Å². The van der Waals surface area contributed by atoms with E-state index in [2.05, 4.69) is 43.9 Å². The highest BCUT2D eigenvalue weighted by Gasteiger charge is 2.22. The average Bonchev–Trinajstić information content (AvgIpc) is 2.87. The molecule has 1 aliphatic rings. The predicted octanol–water partition coefficient (Wildman–Crippen LogP) is 2.67. The molecule has 1 aromatic rings. The molecule has 0 bridgehead atoms. The maximum absolute atomic E-state index is 3.99. The summed E-state index contributed by atoms with van der Waals surface area (Å²) in [4.78, 5) is 0. The molecular formula is C12H15N. The SMILES string of the molecule is C=C(C)c1cc(C2CN2)ccc1C. The van der Waals surface area contributed by atoms with Crippen LogP contribution in [0, 0.1) is 6.92 Å². The summed E-state index contributed by atoms with van der Waals surface area (Å²) in [6, 6.07) is 7.23. The molecule has 0 aliphatic carbocycles. The molecule has 68 valence electrons. The first-order valence-corrected chi connectivity index (χ1v) is 4.68. The Hall–Kier alpha value is -1.08. The number of hydrogen-bond donors (Lipinski definition) is 1. The zero-order valence-corrected chi connectivity index (χ0v) is 8.22. The highest BCUT2D eigenvalue weighted by molar-refractivity contribution is 5.65. The molecule has 0 saturated carbocycles. The van der Waals surface area contributed by atoms with Gasteiger partial charge < -0.3 is 5.32 Å². The zero-order chi connectivity index (χ0) is 9.42. The molecule has 1 nitrogen and oxygen atoms in total. The van der Waals surface area contributed by atoms with Crippen LogP contribution in [0.4, 0.5) is 0 Å². The van der Waals surface area contributed by atoms with Crippen molar-refractivity contribution in [1.29, 1.82) is 0 Å². The van der Waals surface area contributed by atoms with E-state index in [4.69, 9.17) is 0 Å². The molecule has 1 heterocycles. The van der Waals surface area contributed by atoms with Crippen LogP contribution in [-0.2, 0) is 0 Å². The Morgan fingerprint density at radius 3 is 2.77 bits per heavy atom. The number of benzene rings is 1. The minimum Gasteiger partial charge on any atom is -0.307 e. The van der Waals surface area contributed by atoms with E-state index in [1.165, 1.54) is 16.7 Å². The van der Waals surface area contributed by atoms with Gasteiger partial charge in [-0.3, -0.25) is 0 Å². The smallest absolute Gasteiger partial charge is 0.0447 e. The Labute approximate surface area is 79.5 Å². The monoisotopic (exact) mass is 173 g/mol. The van der Waals surface area contributed by atoms with Gasteiger partial charge in [-0.25, -0.2) is 0 Å². The van der Waals surface area contributed by atoms with Gasteiger partial charge in [0.25, 0.3) is 0 Å².